The van der Waals surface area contributed by atoms with Gasteiger partial charge in [0.15, 0.2) is 14.9 Å². The predicted molar refractivity (Wildman–Crippen MR) is 71.5 cm³/mol. The molecule has 0 aliphatic heterocycles. The smallest absolute Gasteiger partial charge is 0.306 e. The maximum atomic E-state index is 12.3. The molecule has 0 N–H and O–H groups in total. The minimum Gasteiger partial charge on any atom is -0.306 e. The van der Waals surface area contributed by atoms with E-state index in [1.807, 2.05) is 0 Å². The average molecular weight is 346 g/mol. The zero-order chi connectivity index (χ0) is 16.1. The number of aryl methyl sites for hydroxylation is 1. The molecule has 1 aromatic rings. The Morgan fingerprint density at radius 3 is 2.19 bits per heavy atom. The number of nitrogens with zero attached hydrogens (tertiary/aromatic N) is 2. The zero-order valence-electron chi connectivity index (χ0n) is 11.7. The van der Waals surface area contributed by atoms with E-state index in [9.17, 15) is 21.8 Å². The molecule has 0 aliphatic rings. The van der Waals surface area contributed by atoms with Gasteiger partial charge in [0.2, 0.25) is 0 Å². The molecule has 1 aromatic heterocycles. The zero-order valence-corrected chi connectivity index (χ0v) is 13.4. The van der Waals surface area contributed by atoms with Gasteiger partial charge in [0.05, 0.1) is 25.1 Å². The molecule has 21 heavy (non-hydrogen) atoms. The number of halogens is 2. The second-order valence-electron chi connectivity index (χ2n) is 4.18. The lowest BCUT2D eigenvalue weighted by Gasteiger charge is -2.16. The van der Waals surface area contributed by atoms with Crippen LogP contribution in [0.15, 0.2) is 11.1 Å². The van der Waals surface area contributed by atoms with Crippen molar-refractivity contribution in [3.8, 4) is 0 Å². The van der Waals surface area contributed by atoms with Crippen molar-refractivity contribution in [1.82, 2.24) is 9.78 Å². The second-order valence-corrected chi connectivity index (χ2v) is 8.20. The number of aromatic nitrogens is 2. The summed E-state index contributed by atoms with van der Waals surface area (Å²) in [5.41, 5.74) is 0.138. The van der Waals surface area contributed by atoms with Crippen molar-refractivity contribution in [2.24, 2.45) is 7.05 Å². The SMILES string of the molecule is Cn1nc(CP(=O)(OCCF)OCCF)cc1S(C)(=O)=O. The summed E-state index contributed by atoms with van der Waals surface area (Å²) in [7, 11) is -5.86. The van der Waals surface area contributed by atoms with Crippen LogP contribution in [0.3, 0.4) is 0 Å². The molecule has 7 nitrogen and oxygen atoms in total. The first-order valence-corrected chi connectivity index (χ1v) is 9.57. The molecule has 0 unspecified atom stereocenters. The van der Waals surface area contributed by atoms with Crippen LogP contribution < -0.4 is 0 Å². The van der Waals surface area contributed by atoms with Crippen LogP contribution in [-0.4, -0.2) is 51.0 Å². The van der Waals surface area contributed by atoms with Gasteiger partial charge >= 0.3 is 7.60 Å². The van der Waals surface area contributed by atoms with Crippen molar-refractivity contribution in [3.63, 3.8) is 0 Å². The van der Waals surface area contributed by atoms with Crippen molar-refractivity contribution >= 4 is 17.4 Å². The van der Waals surface area contributed by atoms with Gasteiger partial charge in [0, 0.05) is 13.3 Å². The highest BCUT2D eigenvalue weighted by Gasteiger charge is 2.28. The fraction of sp³-hybridized carbons (Fsp3) is 0.700. The summed E-state index contributed by atoms with van der Waals surface area (Å²) in [4.78, 5) is 0. The summed E-state index contributed by atoms with van der Waals surface area (Å²) in [5.74, 6) is 0. The lowest BCUT2D eigenvalue weighted by Crippen LogP contribution is -2.05. The summed E-state index contributed by atoms with van der Waals surface area (Å²) >= 11 is 0. The third-order valence-electron chi connectivity index (χ3n) is 2.35. The van der Waals surface area contributed by atoms with Crippen LogP contribution in [0.4, 0.5) is 8.78 Å². The summed E-state index contributed by atoms with van der Waals surface area (Å²) in [6.07, 6.45) is 0.642. The van der Waals surface area contributed by atoms with E-state index in [0.717, 1.165) is 10.9 Å². The Hall–Kier alpha value is -0.830. The summed E-state index contributed by atoms with van der Waals surface area (Å²) in [6, 6.07) is 1.22. The van der Waals surface area contributed by atoms with Crippen molar-refractivity contribution in [3.05, 3.63) is 11.8 Å². The van der Waals surface area contributed by atoms with Crippen molar-refractivity contribution in [2.75, 3.05) is 32.8 Å². The highest BCUT2D eigenvalue weighted by molar-refractivity contribution is 7.90. The number of alkyl halides is 2. The summed E-state index contributed by atoms with van der Waals surface area (Å²) < 4.78 is 70.3. The van der Waals surface area contributed by atoms with E-state index in [1.165, 1.54) is 13.1 Å². The molecular weight excluding hydrogens is 329 g/mol. The molecule has 0 atom stereocenters. The fourth-order valence-electron chi connectivity index (χ4n) is 1.61. The maximum absolute atomic E-state index is 12.3. The molecule has 0 bridgehead atoms. The Balaban J connectivity index is 2.96. The Morgan fingerprint density at radius 1 is 1.29 bits per heavy atom. The van der Waals surface area contributed by atoms with Gasteiger partial charge in [-0.15, -0.1) is 0 Å². The third-order valence-corrected chi connectivity index (χ3v) is 5.36. The molecule has 0 aromatic carbocycles. The highest BCUT2D eigenvalue weighted by atomic mass is 32.2. The minimum absolute atomic E-state index is 0.0694. The molecule has 0 spiro atoms. The Morgan fingerprint density at radius 2 is 1.81 bits per heavy atom. The predicted octanol–water partition coefficient (Wildman–Crippen LogP) is 1.49. The first-order valence-electron chi connectivity index (χ1n) is 5.95. The van der Waals surface area contributed by atoms with Crippen molar-refractivity contribution < 1.29 is 30.8 Å². The second kappa shape index (κ2) is 7.44. The lowest BCUT2D eigenvalue weighted by molar-refractivity contribution is 0.180. The van der Waals surface area contributed by atoms with Crippen LogP contribution in [0, 0.1) is 0 Å². The van der Waals surface area contributed by atoms with E-state index >= 15 is 0 Å². The van der Waals surface area contributed by atoms with Gasteiger partial charge in [-0.3, -0.25) is 9.25 Å². The number of hydrogen-bond acceptors (Lipinski definition) is 6. The molecule has 0 saturated heterocycles. The normalized spacial score (nSPS) is 12.8. The van der Waals surface area contributed by atoms with Gasteiger partial charge in [-0.1, -0.05) is 0 Å². The molecular formula is C10H17F2N2O5PS. The third kappa shape index (κ3) is 5.46. The van der Waals surface area contributed by atoms with E-state index in [2.05, 4.69) is 5.10 Å². The summed E-state index contributed by atoms with van der Waals surface area (Å²) in [5, 5.41) is 3.83. The number of sulfone groups is 1. The van der Waals surface area contributed by atoms with E-state index in [0.29, 0.717) is 0 Å². The maximum Gasteiger partial charge on any atom is 0.336 e. The van der Waals surface area contributed by atoms with Crippen LogP contribution in [0.5, 0.6) is 0 Å². The topological polar surface area (TPSA) is 87.5 Å². The molecule has 11 heteroatoms. The van der Waals surface area contributed by atoms with E-state index in [4.69, 9.17) is 9.05 Å². The monoisotopic (exact) mass is 346 g/mol. The van der Waals surface area contributed by atoms with E-state index < -0.39 is 44.0 Å². The number of rotatable bonds is 9. The standard InChI is InChI=1S/C10H17F2N2O5PS/c1-14-10(21(2,16)17)7-9(13-14)8-20(15,18-5-3-11)19-6-4-12/h7H,3-6,8H2,1-2H3. The van der Waals surface area contributed by atoms with Gasteiger partial charge in [-0.2, -0.15) is 5.10 Å². The minimum atomic E-state index is -3.78. The molecule has 122 valence electrons. The molecule has 1 rings (SSSR count). The Kier molecular flexibility index (Phi) is 6.45. The van der Waals surface area contributed by atoms with Crippen molar-refractivity contribution in [2.45, 2.75) is 11.2 Å². The van der Waals surface area contributed by atoms with Gasteiger partial charge in [0.1, 0.15) is 13.3 Å². The first-order chi connectivity index (χ1) is 9.72. The van der Waals surface area contributed by atoms with Crippen LogP contribution in [0.2, 0.25) is 0 Å². The van der Waals surface area contributed by atoms with E-state index in [-0.39, 0.29) is 16.9 Å². The van der Waals surface area contributed by atoms with Crippen LogP contribution in [0.25, 0.3) is 0 Å². The van der Waals surface area contributed by atoms with Crippen molar-refractivity contribution in [1.29, 1.82) is 0 Å². The Labute approximate surface area is 121 Å². The summed E-state index contributed by atoms with van der Waals surface area (Å²) in [6.45, 7) is -2.68. The van der Waals surface area contributed by atoms with Gasteiger partial charge < -0.3 is 9.05 Å². The quantitative estimate of drug-likeness (QED) is 0.630. The lowest BCUT2D eigenvalue weighted by atomic mass is 10.5. The number of hydrogen-bond donors (Lipinski definition) is 0. The fourth-order valence-corrected chi connectivity index (χ4v) is 3.98. The highest BCUT2D eigenvalue weighted by Crippen LogP contribution is 2.51. The molecule has 0 amide bonds. The molecule has 1 heterocycles. The first kappa shape index (κ1) is 18.2. The largest absolute Gasteiger partial charge is 0.336 e. The Bertz CT molecular complexity index is 607. The van der Waals surface area contributed by atoms with Crippen LogP contribution in [-0.2, 0) is 36.7 Å². The molecule has 0 aliphatic carbocycles. The van der Waals surface area contributed by atoms with Crippen LogP contribution >= 0.6 is 7.60 Å². The van der Waals surface area contributed by atoms with Crippen LogP contribution in [0.1, 0.15) is 5.69 Å². The molecule has 0 saturated carbocycles. The van der Waals surface area contributed by atoms with Gasteiger partial charge in [-0.25, -0.2) is 17.2 Å². The average Bonchev–Trinajstić information content (AvgIpc) is 2.75. The molecule has 0 radical (unpaired) electrons. The van der Waals surface area contributed by atoms with Gasteiger partial charge in [-0.05, 0) is 6.07 Å². The van der Waals surface area contributed by atoms with E-state index in [1.54, 1.807) is 0 Å². The molecule has 0 fully saturated rings. The van der Waals surface area contributed by atoms with Gasteiger partial charge in [0.25, 0.3) is 0 Å².